The molecule has 5 nitrogen and oxygen atoms in total. The minimum atomic E-state index is -0.478. The molecule has 0 saturated heterocycles. The van der Waals surface area contributed by atoms with Crippen LogP contribution in [0.2, 0.25) is 0 Å². The second kappa shape index (κ2) is 7.31. The Kier molecular flexibility index (Phi) is 5.20. The predicted octanol–water partition coefficient (Wildman–Crippen LogP) is 5.26. The number of carbonyl (C=O) groups excluding carboxylic acids is 1. The summed E-state index contributed by atoms with van der Waals surface area (Å²) < 4.78 is 20.6. The van der Waals surface area contributed by atoms with E-state index in [2.05, 4.69) is 16.4 Å². The summed E-state index contributed by atoms with van der Waals surface area (Å²) in [5, 5.41) is 12.9. The standard InChI is InChI=1S/C22H26FN3O2/c1-12-13(2)25-20-15(11-24)10-17(23)19(18(12)20)14-7-6-8-16(9-14)28-21(27)26-22(3,4)5/h9-10,16,25H,6-8H2,1-5H3,(H,26,27)/t16-/m0/s1. The zero-order valence-corrected chi connectivity index (χ0v) is 17.0. The highest BCUT2D eigenvalue weighted by molar-refractivity contribution is 5.98. The van der Waals surface area contributed by atoms with Crippen molar-refractivity contribution < 1.29 is 13.9 Å². The molecule has 0 bridgehead atoms. The van der Waals surface area contributed by atoms with Gasteiger partial charge in [-0.05, 0) is 77.2 Å². The first-order chi connectivity index (χ1) is 13.1. The molecule has 1 heterocycles. The normalized spacial score (nSPS) is 17.2. The molecule has 0 radical (unpaired) electrons. The maximum Gasteiger partial charge on any atom is 0.408 e. The summed E-state index contributed by atoms with van der Waals surface area (Å²) in [6, 6.07) is 3.35. The van der Waals surface area contributed by atoms with Gasteiger partial charge >= 0.3 is 6.09 Å². The van der Waals surface area contributed by atoms with Gasteiger partial charge < -0.3 is 15.0 Å². The third-order valence-electron chi connectivity index (χ3n) is 5.03. The van der Waals surface area contributed by atoms with Gasteiger partial charge in [-0.3, -0.25) is 0 Å². The van der Waals surface area contributed by atoms with Gasteiger partial charge in [-0.25, -0.2) is 9.18 Å². The molecule has 1 aliphatic rings. The van der Waals surface area contributed by atoms with E-state index < -0.39 is 18.0 Å². The van der Waals surface area contributed by atoms with Gasteiger partial charge in [0.1, 0.15) is 18.0 Å². The number of nitrogens with one attached hydrogen (secondary N) is 2. The number of rotatable bonds is 2. The van der Waals surface area contributed by atoms with Crippen LogP contribution in [-0.2, 0) is 4.74 Å². The summed E-state index contributed by atoms with van der Waals surface area (Å²) in [6.45, 7) is 9.49. The van der Waals surface area contributed by atoms with Gasteiger partial charge in [-0.15, -0.1) is 0 Å². The number of alkyl carbamates (subject to hydrolysis) is 1. The number of nitriles is 1. The lowest BCUT2D eigenvalue weighted by Crippen LogP contribution is -2.42. The van der Waals surface area contributed by atoms with Gasteiger partial charge in [-0.2, -0.15) is 5.26 Å². The van der Waals surface area contributed by atoms with E-state index in [9.17, 15) is 10.1 Å². The highest BCUT2D eigenvalue weighted by atomic mass is 19.1. The number of nitrogens with zero attached hydrogens (tertiary/aromatic N) is 1. The molecule has 0 unspecified atom stereocenters. The molecule has 1 aromatic heterocycles. The Hall–Kier alpha value is -2.81. The number of aryl methyl sites for hydroxylation is 2. The number of allylic oxidation sites excluding steroid dienone is 1. The van der Waals surface area contributed by atoms with E-state index in [1.165, 1.54) is 6.07 Å². The maximum atomic E-state index is 15.0. The third kappa shape index (κ3) is 3.89. The summed E-state index contributed by atoms with van der Waals surface area (Å²) in [5.74, 6) is -0.419. The minimum Gasteiger partial charge on any atom is -0.442 e. The van der Waals surface area contributed by atoms with Crippen LogP contribution in [0.1, 0.15) is 62.4 Å². The Bertz CT molecular complexity index is 1010. The van der Waals surface area contributed by atoms with Crippen LogP contribution in [0.5, 0.6) is 0 Å². The molecule has 0 saturated carbocycles. The number of benzene rings is 1. The summed E-state index contributed by atoms with van der Waals surface area (Å²) >= 11 is 0. The average molecular weight is 383 g/mol. The van der Waals surface area contributed by atoms with Crippen molar-refractivity contribution in [1.82, 2.24) is 10.3 Å². The van der Waals surface area contributed by atoms with Gasteiger partial charge in [0, 0.05) is 22.2 Å². The van der Waals surface area contributed by atoms with Crippen LogP contribution in [-0.4, -0.2) is 22.7 Å². The SMILES string of the molecule is Cc1[nH]c2c(C#N)cc(F)c(C3=C[C@@H](OC(=O)NC(C)(C)C)CCC3)c2c1C. The predicted molar refractivity (Wildman–Crippen MR) is 107 cm³/mol. The lowest BCUT2D eigenvalue weighted by molar-refractivity contribution is 0.106. The number of hydrogen-bond donors (Lipinski definition) is 2. The monoisotopic (exact) mass is 383 g/mol. The Morgan fingerprint density at radius 3 is 2.75 bits per heavy atom. The molecule has 1 atom stereocenters. The molecule has 0 aliphatic heterocycles. The number of aromatic nitrogens is 1. The zero-order chi connectivity index (χ0) is 20.6. The first-order valence-corrected chi connectivity index (χ1v) is 9.52. The smallest absolute Gasteiger partial charge is 0.408 e. The van der Waals surface area contributed by atoms with Crippen LogP contribution in [0, 0.1) is 31.0 Å². The number of ether oxygens (including phenoxy) is 1. The first kappa shape index (κ1) is 19.9. The van der Waals surface area contributed by atoms with E-state index in [-0.39, 0.29) is 5.54 Å². The largest absolute Gasteiger partial charge is 0.442 e. The molecule has 2 aromatic rings. The van der Waals surface area contributed by atoms with Crippen molar-refractivity contribution in [3.63, 3.8) is 0 Å². The molecule has 0 spiro atoms. The van der Waals surface area contributed by atoms with Gasteiger partial charge in [0.25, 0.3) is 0 Å². The van der Waals surface area contributed by atoms with Crippen molar-refractivity contribution in [3.05, 3.63) is 40.3 Å². The summed E-state index contributed by atoms with van der Waals surface area (Å²) in [6.07, 6.45) is 3.15. The molecule has 1 aliphatic carbocycles. The van der Waals surface area contributed by atoms with Crippen LogP contribution < -0.4 is 5.32 Å². The Morgan fingerprint density at radius 1 is 1.39 bits per heavy atom. The van der Waals surface area contributed by atoms with Crippen LogP contribution in [0.3, 0.4) is 0 Å². The Balaban J connectivity index is 2.02. The van der Waals surface area contributed by atoms with Crippen LogP contribution >= 0.6 is 0 Å². The van der Waals surface area contributed by atoms with E-state index in [1.54, 1.807) is 0 Å². The third-order valence-corrected chi connectivity index (χ3v) is 5.03. The van der Waals surface area contributed by atoms with Gasteiger partial charge in [-0.1, -0.05) is 0 Å². The van der Waals surface area contributed by atoms with E-state index in [0.717, 1.165) is 28.6 Å². The van der Waals surface area contributed by atoms with Crippen molar-refractivity contribution in [2.75, 3.05) is 0 Å². The fraction of sp³-hybridized carbons (Fsp3) is 0.455. The maximum absolute atomic E-state index is 15.0. The average Bonchev–Trinajstić information content (AvgIpc) is 2.88. The van der Waals surface area contributed by atoms with Gasteiger partial charge in [0.05, 0.1) is 11.1 Å². The van der Waals surface area contributed by atoms with E-state index in [1.807, 2.05) is 40.7 Å². The Labute approximate surface area is 164 Å². The number of fused-ring (bicyclic) bond motifs is 1. The quantitative estimate of drug-likeness (QED) is 0.743. The molecule has 0 fully saturated rings. The fourth-order valence-corrected chi connectivity index (χ4v) is 3.69. The first-order valence-electron chi connectivity index (χ1n) is 9.52. The molecule has 1 aromatic carbocycles. The molecular formula is C22H26FN3O2. The number of halogens is 1. The second-order valence-corrected chi connectivity index (χ2v) is 8.42. The zero-order valence-electron chi connectivity index (χ0n) is 17.0. The second-order valence-electron chi connectivity index (χ2n) is 8.42. The van der Waals surface area contributed by atoms with E-state index in [4.69, 9.17) is 4.74 Å². The topological polar surface area (TPSA) is 77.9 Å². The molecule has 6 heteroatoms. The van der Waals surface area contributed by atoms with Crippen molar-refractivity contribution in [2.24, 2.45) is 0 Å². The number of aromatic amines is 1. The lowest BCUT2D eigenvalue weighted by Gasteiger charge is -2.25. The van der Waals surface area contributed by atoms with Crippen LogP contribution in [0.25, 0.3) is 16.5 Å². The highest BCUT2D eigenvalue weighted by Gasteiger charge is 2.25. The van der Waals surface area contributed by atoms with Gasteiger partial charge in [0.15, 0.2) is 0 Å². The number of carbonyl (C=O) groups is 1. The molecule has 1 amide bonds. The molecular weight excluding hydrogens is 357 g/mol. The molecule has 148 valence electrons. The van der Waals surface area contributed by atoms with Crippen molar-refractivity contribution in [1.29, 1.82) is 5.26 Å². The molecule has 28 heavy (non-hydrogen) atoms. The van der Waals surface area contributed by atoms with E-state index in [0.29, 0.717) is 29.5 Å². The summed E-state index contributed by atoms with van der Waals surface area (Å²) in [4.78, 5) is 15.3. The number of amides is 1. The highest BCUT2D eigenvalue weighted by Crippen LogP contribution is 2.38. The number of hydrogen-bond acceptors (Lipinski definition) is 3. The van der Waals surface area contributed by atoms with Crippen molar-refractivity contribution in [2.45, 2.75) is 65.5 Å². The van der Waals surface area contributed by atoms with Crippen molar-refractivity contribution in [3.8, 4) is 6.07 Å². The van der Waals surface area contributed by atoms with Gasteiger partial charge in [0.2, 0.25) is 0 Å². The summed E-state index contributed by atoms with van der Waals surface area (Å²) in [5.41, 5.74) is 3.71. The fourth-order valence-electron chi connectivity index (χ4n) is 3.69. The van der Waals surface area contributed by atoms with Crippen molar-refractivity contribution >= 4 is 22.6 Å². The van der Waals surface area contributed by atoms with Crippen LogP contribution in [0.4, 0.5) is 9.18 Å². The number of H-pyrrole nitrogens is 1. The van der Waals surface area contributed by atoms with Crippen LogP contribution in [0.15, 0.2) is 12.1 Å². The molecule has 2 N–H and O–H groups in total. The lowest BCUT2D eigenvalue weighted by atomic mass is 9.88. The molecule has 3 rings (SSSR count). The van der Waals surface area contributed by atoms with E-state index >= 15 is 4.39 Å². The Morgan fingerprint density at radius 2 is 2.11 bits per heavy atom. The summed E-state index contributed by atoms with van der Waals surface area (Å²) in [7, 11) is 0. The minimum absolute atomic E-state index is 0.293.